The van der Waals surface area contributed by atoms with E-state index in [9.17, 15) is 9.59 Å². The zero-order valence-electron chi connectivity index (χ0n) is 13.0. The topological polar surface area (TPSA) is 84.7 Å². The van der Waals surface area contributed by atoms with Gasteiger partial charge in [-0.3, -0.25) is 9.59 Å². The van der Waals surface area contributed by atoms with Gasteiger partial charge in [0.2, 0.25) is 5.91 Å². The smallest absolute Gasteiger partial charge is 0.251 e. The van der Waals surface area contributed by atoms with E-state index in [0.29, 0.717) is 19.6 Å². The molecule has 2 fully saturated rings. The van der Waals surface area contributed by atoms with E-state index in [1.807, 2.05) is 18.7 Å². The number of rotatable bonds is 4. The van der Waals surface area contributed by atoms with Gasteiger partial charge in [0.15, 0.2) is 0 Å². The number of nitrogens with one attached hydrogen (secondary N) is 1. The highest BCUT2D eigenvalue weighted by atomic mass is 16.5. The standard InChI is InChI=1S/C15H27N3O3/c1-10(2)14(19)17-11-5-7-18(8-6-11)15(20)13-4-3-12(9-16)21-13/h10-13H,3-9,16H2,1-2H3,(H,17,19). The number of amides is 2. The van der Waals surface area contributed by atoms with E-state index in [1.165, 1.54) is 0 Å². The van der Waals surface area contributed by atoms with E-state index in [2.05, 4.69) is 5.32 Å². The second-order valence-corrected chi connectivity index (χ2v) is 6.32. The Kier molecular flexibility index (Phi) is 5.58. The molecule has 0 aromatic heterocycles. The highest BCUT2D eigenvalue weighted by Crippen LogP contribution is 2.22. The van der Waals surface area contributed by atoms with Gasteiger partial charge < -0.3 is 20.7 Å². The van der Waals surface area contributed by atoms with Gasteiger partial charge in [-0.05, 0) is 25.7 Å². The predicted octanol–water partition coefficient (Wildman–Crippen LogP) is 0.256. The molecule has 0 aromatic carbocycles. The summed E-state index contributed by atoms with van der Waals surface area (Å²) in [7, 11) is 0. The lowest BCUT2D eigenvalue weighted by atomic mass is 10.0. The van der Waals surface area contributed by atoms with Crippen LogP contribution in [0.3, 0.4) is 0 Å². The Morgan fingerprint density at radius 2 is 1.90 bits per heavy atom. The van der Waals surface area contributed by atoms with E-state index in [4.69, 9.17) is 10.5 Å². The number of ether oxygens (including phenoxy) is 1. The largest absolute Gasteiger partial charge is 0.364 e. The van der Waals surface area contributed by atoms with Gasteiger partial charge in [-0.25, -0.2) is 0 Å². The van der Waals surface area contributed by atoms with Crippen LogP contribution in [0.15, 0.2) is 0 Å². The summed E-state index contributed by atoms with van der Waals surface area (Å²) in [6.07, 6.45) is 2.98. The Hall–Kier alpha value is -1.14. The normalized spacial score (nSPS) is 27.1. The zero-order valence-corrected chi connectivity index (χ0v) is 13.0. The first-order valence-electron chi connectivity index (χ1n) is 7.96. The van der Waals surface area contributed by atoms with E-state index in [1.54, 1.807) is 0 Å². The zero-order chi connectivity index (χ0) is 15.4. The van der Waals surface area contributed by atoms with Crippen molar-refractivity contribution in [3.63, 3.8) is 0 Å². The van der Waals surface area contributed by atoms with E-state index < -0.39 is 0 Å². The van der Waals surface area contributed by atoms with Crippen molar-refractivity contribution in [3.05, 3.63) is 0 Å². The highest BCUT2D eigenvalue weighted by molar-refractivity contribution is 5.81. The van der Waals surface area contributed by atoms with Crippen molar-refractivity contribution >= 4 is 11.8 Å². The minimum atomic E-state index is -0.319. The summed E-state index contributed by atoms with van der Waals surface area (Å²) in [5.74, 6) is 0.175. The number of carbonyl (C=O) groups excluding carboxylic acids is 2. The molecule has 21 heavy (non-hydrogen) atoms. The van der Waals surface area contributed by atoms with Gasteiger partial charge in [0, 0.05) is 31.6 Å². The summed E-state index contributed by atoms with van der Waals surface area (Å²) in [5, 5.41) is 3.04. The Morgan fingerprint density at radius 1 is 1.24 bits per heavy atom. The number of nitrogens with zero attached hydrogens (tertiary/aromatic N) is 1. The van der Waals surface area contributed by atoms with Crippen LogP contribution >= 0.6 is 0 Å². The van der Waals surface area contributed by atoms with Crippen LogP contribution in [-0.4, -0.2) is 54.6 Å². The molecule has 2 atom stereocenters. The predicted molar refractivity (Wildman–Crippen MR) is 79.5 cm³/mol. The maximum atomic E-state index is 12.4. The monoisotopic (exact) mass is 297 g/mol. The fourth-order valence-electron chi connectivity index (χ4n) is 2.88. The van der Waals surface area contributed by atoms with Crippen LogP contribution in [0.5, 0.6) is 0 Å². The summed E-state index contributed by atoms with van der Waals surface area (Å²) in [6, 6.07) is 0.185. The second kappa shape index (κ2) is 7.22. The molecular weight excluding hydrogens is 270 g/mol. The Balaban J connectivity index is 1.76. The first-order valence-corrected chi connectivity index (χ1v) is 7.96. The summed E-state index contributed by atoms with van der Waals surface area (Å²) >= 11 is 0. The van der Waals surface area contributed by atoms with Gasteiger partial charge in [0.05, 0.1) is 6.10 Å². The fraction of sp³-hybridized carbons (Fsp3) is 0.867. The van der Waals surface area contributed by atoms with Crippen molar-refractivity contribution in [2.75, 3.05) is 19.6 Å². The molecule has 0 aliphatic carbocycles. The first-order chi connectivity index (χ1) is 10.0. The summed E-state index contributed by atoms with van der Waals surface area (Å²) in [4.78, 5) is 25.9. The van der Waals surface area contributed by atoms with Crippen LogP contribution in [0.25, 0.3) is 0 Å². The molecule has 120 valence electrons. The summed E-state index contributed by atoms with van der Waals surface area (Å²) in [5.41, 5.74) is 5.57. The Labute approximate surface area is 126 Å². The van der Waals surface area contributed by atoms with Gasteiger partial charge in [-0.15, -0.1) is 0 Å². The van der Waals surface area contributed by atoms with Gasteiger partial charge in [-0.2, -0.15) is 0 Å². The third-order valence-corrected chi connectivity index (χ3v) is 4.32. The number of hydrogen-bond donors (Lipinski definition) is 2. The molecule has 2 aliphatic rings. The molecule has 0 bridgehead atoms. The van der Waals surface area contributed by atoms with Gasteiger partial charge >= 0.3 is 0 Å². The van der Waals surface area contributed by atoms with Gasteiger partial charge in [0.1, 0.15) is 6.10 Å². The summed E-state index contributed by atoms with van der Waals surface area (Å²) < 4.78 is 5.66. The van der Waals surface area contributed by atoms with Crippen LogP contribution in [0.1, 0.15) is 39.5 Å². The van der Waals surface area contributed by atoms with Crippen molar-refractivity contribution in [1.29, 1.82) is 0 Å². The van der Waals surface area contributed by atoms with E-state index in [0.717, 1.165) is 25.7 Å². The average molecular weight is 297 g/mol. The lowest BCUT2D eigenvalue weighted by Gasteiger charge is -2.34. The van der Waals surface area contributed by atoms with E-state index in [-0.39, 0.29) is 36.0 Å². The van der Waals surface area contributed by atoms with Crippen molar-refractivity contribution in [2.24, 2.45) is 11.7 Å². The molecule has 0 aromatic rings. The molecule has 2 aliphatic heterocycles. The molecule has 0 radical (unpaired) electrons. The molecule has 2 unspecified atom stereocenters. The van der Waals surface area contributed by atoms with Crippen LogP contribution < -0.4 is 11.1 Å². The molecule has 2 rings (SSSR count). The average Bonchev–Trinajstić information content (AvgIpc) is 2.96. The SMILES string of the molecule is CC(C)C(=O)NC1CCN(C(=O)C2CCC(CN)O2)CC1. The third-order valence-electron chi connectivity index (χ3n) is 4.32. The fourth-order valence-corrected chi connectivity index (χ4v) is 2.88. The maximum absolute atomic E-state index is 12.4. The molecule has 2 amide bonds. The summed E-state index contributed by atoms with van der Waals surface area (Å²) in [6.45, 7) is 5.63. The van der Waals surface area contributed by atoms with Crippen LogP contribution in [-0.2, 0) is 14.3 Å². The molecular formula is C15H27N3O3. The van der Waals surface area contributed by atoms with Gasteiger partial charge in [0.25, 0.3) is 5.91 Å². The number of piperidine rings is 1. The lowest BCUT2D eigenvalue weighted by molar-refractivity contribution is -0.144. The molecule has 3 N–H and O–H groups in total. The first kappa shape index (κ1) is 16.2. The lowest BCUT2D eigenvalue weighted by Crippen LogP contribution is -2.49. The molecule has 0 spiro atoms. The van der Waals surface area contributed by atoms with Crippen LogP contribution in [0, 0.1) is 5.92 Å². The number of hydrogen-bond acceptors (Lipinski definition) is 4. The number of likely N-dealkylation sites (tertiary alicyclic amines) is 1. The highest BCUT2D eigenvalue weighted by Gasteiger charge is 2.34. The minimum Gasteiger partial charge on any atom is -0.364 e. The van der Waals surface area contributed by atoms with Crippen molar-refractivity contribution in [1.82, 2.24) is 10.2 Å². The molecule has 0 saturated carbocycles. The quantitative estimate of drug-likeness (QED) is 0.779. The molecule has 2 saturated heterocycles. The molecule has 2 heterocycles. The van der Waals surface area contributed by atoms with Gasteiger partial charge in [-0.1, -0.05) is 13.8 Å². The number of nitrogens with two attached hydrogens (primary N) is 1. The minimum absolute atomic E-state index is 0.00439. The van der Waals surface area contributed by atoms with Crippen LogP contribution in [0.4, 0.5) is 0 Å². The second-order valence-electron chi connectivity index (χ2n) is 6.32. The van der Waals surface area contributed by atoms with Crippen molar-refractivity contribution in [2.45, 2.75) is 57.8 Å². The van der Waals surface area contributed by atoms with Crippen LogP contribution in [0.2, 0.25) is 0 Å². The number of carbonyl (C=O) groups is 2. The van der Waals surface area contributed by atoms with Crippen molar-refractivity contribution < 1.29 is 14.3 Å². The Bertz CT molecular complexity index is 378. The Morgan fingerprint density at radius 3 is 2.43 bits per heavy atom. The molecule has 6 nitrogen and oxygen atoms in total. The van der Waals surface area contributed by atoms with Crippen molar-refractivity contribution in [3.8, 4) is 0 Å². The third kappa shape index (κ3) is 4.17. The molecule has 6 heteroatoms. The maximum Gasteiger partial charge on any atom is 0.251 e. The van der Waals surface area contributed by atoms with E-state index >= 15 is 0 Å².